The Balaban J connectivity index is 1.49. The summed E-state index contributed by atoms with van der Waals surface area (Å²) in [5.74, 6) is 0.962. The summed E-state index contributed by atoms with van der Waals surface area (Å²) < 4.78 is 5.89. The number of hydrogen-bond donors (Lipinski definition) is 2. The van der Waals surface area contributed by atoms with Gasteiger partial charge >= 0.3 is 0 Å². The van der Waals surface area contributed by atoms with Crippen molar-refractivity contribution in [3.05, 3.63) is 46.2 Å². The first-order chi connectivity index (χ1) is 10.2. The van der Waals surface area contributed by atoms with E-state index in [1.807, 2.05) is 29.6 Å². The largest absolute Gasteiger partial charge is 0.488 e. The lowest BCUT2D eigenvalue weighted by molar-refractivity contribution is -0.114. The highest BCUT2D eigenvalue weighted by molar-refractivity contribution is 7.10. The molecular weight excluding hydrogens is 284 g/mol. The molecule has 1 unspecified atom stereocenters. The number of carbonyl (C=O) groups is 1. The maximum atomic E-state index is 11.1. The number of benzene rings is 1. The molecule has 4 nitrogen and oxygen atoms in total. The van der Waals surface area contributed by atoms with Crippen LogP contribution in [0.4, 0.5) is 5.69 Å². The van der Waals surface area contributed by atoms with Crippen molar-refractivity contribution in [1.29, 1.82) is 0 Å². The summed E-state index contributed by atoms with van der Waals surface area (Å²) in [6.07, 6.45) is 1.14. The molecule has 0 radical (unpaired) electrons. The molecule has 0 aliphatic carbocycles. The predicted octanol–water partition coefficient (Wildman–Crippen LogP) is 2.80. The molecule has 1 aliphatic rings. The van der Waals surface area contributed by atoms with E-state index in [0.29, 0.717) is 0 Å². The number of hydrogen-bond acceptors (Lipinski definition) is 4. The highest BCUT2D eigenvalue weighted by atomic mass is 32.1. The third kappa shape index (κ3) is 3.43. The lowest BCUT2D eigenvalue weighted by Gasteiger charge is -2.12. The Labute approximate surface area is 128 Å². The Bertz CT molecular complexity index is 614. The van der Waals surface area contributed by atoms with Crippen molar-refractivity contribution in [3.8, 4) is 5.75 Å². The third-order valence-corrected chi connectivity index (χ3v) is 4.35. The quantitative estimate of drug-likeness (QED) is 0.893. The summed E-state index contributed by atoms with van der Waals surface area (Å²) in [6, 6.07) is 10.1. The summed E-state index contributed by atoms with van der Waals surface area (Å²) in [5.41, 5.74) is 2.18. The second kappa shape index (κ2) is 6.28. The highest BCUT2D eigenvalue weighted by Gasteiger charge is 2.21. The van der Waals surface area contributed by atoms with E-state index in [9.17, 15) is 4.79 Å². The van der Waals surface area contributed by atoms with Gasteiger partial charge in [-0.3, -0.25) is 4.79 Å². The van der Waals surface area contributed by atoms with E-state index in [2.05, 4.69) is 16.7 Å². The van der Waals surface area contributed by atoms with Gasteiger partial charge in [-0.2, -0.15) is 0 Å². The number of nitrogens with one attached hydrogen (secondary N) is 2. The maximum Gasteiger partial charge on any atom is 0.221 e. The van der Waals surface area contributed by atoms with Gasteiger partial charge in [0.25, 0.3) is 0 Å². The van der Waals surface area contributed by atoms with Gasteiger partial charge in [-0.1, -0.05) is 18.2 Å². The van der Waals surface area contributed by atoms with Crippen molar-refractivity contribution in [2.75, 3.05) is 11.9 Å². The van der Waals surface area contributed by atoms with Crippen LogP contribution in [0.5, 0.6) is 5.75 Å². The lowest BCUT2D eigenvalue weighted by Crippen LogP contribution is -2.29. The third-order valence-electron chi connectivity index (χ3n) is 3.43. The van der Waals surface area contributed by atoms with Crippen LogP contribution in [0.2, 0.25) is 0 Å². The van der Waals surface area contributed by atoms with Crippen molar-refractivity contribution in [1.82, 2.24) is 5.32 Å². The van der Waals surface area contributed by atoms with E-state index < -0.39 is 0 Å². The Morgan fingerprint density at radius 3 is 3.05 bits per heavy atom. The summed E-state index contributed by atoms with van der Waals surface area (Å²) >= 11 is 1.64. The summed E-state index contributed by atoms with van der Waals surface area (Å²) in [7, 11) is 0. The van der Waals surface area contributed by atoms with Gasteiger partial charge in [0.15, 0.2) is 0 Å². The first-order valence-electron chi connectivity index (χ1n) is 7.01. The van der Waals surface area contributed by atoms with E-state index in [-0.39, 0.29) is 12.0 Å². The van der Waals surface area contributed by atoms with Crippen LogP contribution in [0.3, 0.4) is 0 Å². The number of carbonyl (C=O) groups excluding carboxylic acids is 1. The van der Waals surface area contributed by atoms with Gasteiger partial charge in [0.1, 0.15) is 11.9 Å². The van der Waals surface area contributed by atoms with Crippen molar-refractivity contribution in [2.24, 2.45) is 0 Å². The lowest BCUT2D eigenvalue weighted by atomic mass is 10.1. The molecule has 3 rings (SSSR count). The van der Waals surface area contributed by atoms with Crippen LogP contribution >= 0.6 is 11.3 Å². The van der Waals surface area contributed by atoms with Crippen LogP contribution in [0.25, 0.3) is 0 Å². The molecule has 2 aromatic rings. The van der Waals surface area contributed by atoms with Gasteiger partial charge in [0.2, 0.25) is 5.91 Å². The highest BCUT2D eigenvalue weighted by Crippen LogP contribution is 2.28. The average molecular weight is 302 g/mol. The molecule has 110 valence electrons. The SMILES string of the molecule is CC(=O)Nc1ccsc1CNCC1Cc2ccccc2O1. The number of anilines is 1. The van der Waals surface area contributed by atoms with E-state index in [1.54, 1.807) is 11.3 Å². The minimum atomic E-state index is -0.0378. The Morgan fingerprint density at radius 1 is 1.38 bits per heavy atom. The number of para-hydroxylation sites is 1. The molecule has 5 heteroatoms. The maximum absolute atomic E-state index is 11.1. The minimum absolute atomic E-state index is 0.0378. The zero-order valence-corrected chi connectivity index (χ0v) is 12.7. The van der Waals surface area contributed by atoms with Gasteiger partial charge in [-0.25, -0.2) is 0 Å². The second-order valence-electron chi connectivity index (χ2n) is 5.12. The van der Waals surface area contributed by atoms with Crippen LogP contribution < -0.4 is 15.4 Å². The van der Waals surface area contributed by atoms with Crippen molar-refractivity contribution in [2.45, 2.75) is 26.0 Å². The first kappa shape index (κ1) is 14.1. The normalized spacial score (nSPS) is 16.3. The van der Waals surface area contributed by atoms with Crippen LogP contribution in [0.1, 0.15) is 17.4 Å². The molecule has 1 amide bonds. The van der Waals surface area contributed by atoms with Crippen molar-refractivity contribution < 1.29 is 9.53 Å². The summed E-state index contributed by atoms with van der Waals surface area (Å²) in [4.78, 5) is 12.3. The van der Waals surface area contributed by atoms with Gasteiger partial charge in [-0.05, 0) is 23.1 Å². The van der Waals surface area contributed by atoms with Gasteiger partial charge < -0.3 is 15.4 Å². The Hall–Kier alpha value is -1.85. The predicted molar refractivity (Wildman–Crippen MR) is 84.9 cm³/mol. The molecular formula is C16H18N2O2S. The fourth-order valence-electron chi connectivity index (χ4n) is 2.49. The fraction of sp³-hybridized carbons (Fsp3) is 0.312. The zero-order valence-electron chi connectivity index (χ0n) is 11.9. The molecule has 0 bridgehead atoms. The Morgan fingerprint density at radius 2 is 2.24 bits per heavy atom. The van der Waals surface area contributed by atoms with Crippen LogP contribution in [-0.4, -0.2) is 18.6 Å². The molecule has 1 atom stereocenters. The molecule has 1 aromatic heterocycles. The van der Waals surface area contributed by atoms with Crippen LogP contribution in [0, 0.1) is 0 Å². The summed E-state index contributed by atoms with van der Waals surface area (Å²) in [5, 5.41) is 8.25. The van der Waals surface area contributed by atoms with Crippen LogP contribution in [0.15, 0.2) is 35.7 Å². The fourth-order valence-corrected chi connectivity index (χ4v) is 3.29. The molecule has 1 aliphatic heterocycles. The number of amides is 1. The molecule has 0 spiro atoms. The number of fused-ring (bicyclic) bond motifs is 1. The molecule has 0 saturated carbocycles. The van der Waals surface area contributed by atoms with E-state index >= 15 is 0 Å². The molecule has 21 heavy (non-hydrogen) atoms. The number of thiophene rings is 1. The molecule has 1 aromatic carbocycles. The first-order valence-corrected chi connectivity index (χ1v) is 7.89. The average Bonchev–Trinajstić information content (AvgIpc) is 3.05. The molecule has 0 fully saturated rings. The van der Waals surface area contributed by atoms with Crippen LogP contribution in [-0.2, 0) is 17.8 Å². The molecule has 2 heterocycles. The monoisotopic (exact) mass is 302 g/mol. The van der Waals surface area contributed by atoms with Gasteiger partial charge in [0.05, 0.1) is 5.69 Å². The van der Waals surface area contributed by atoms with E-state index in [1.165, 1.54) is 12.5 Å². The van der Waals surface area contributed by atoms with E-state index in [4.69, 9.17) is 4.74 Å². The standard InChI is InChI=1S/C16H18N2O2S/c1-11(19)18-14-6-7-21-16(14)10-17-9-13-8-12-4-2-3-5-15(12)20-13/h2-7,13,17H,8-10H2,1H3,(H,18,19). The van der Waals surface area contributed by atoms with Gasteiger partial charge in [-0.15, -0.1) is 11.3 Å². The van der Waals surface area contributed by atoms with Gasteiger partial charge in [0, 0.05) is 31.3 Å². The van der Waals surface area contributed by atoms with Crippen molar-refractivity contribution in [3.63, 3.8) is 0 Å². The summed E-state index contributed by atoms with van der Waals surface area (Å²) in [6.45, 7) is 3.06. The number of ether oxygens (including phenoxy) is 1. The minimum Gasteiger partial charge on any atom is -0.488 e. The smallest absolute Gasteiger partial charge is 0.221 e. The number of rotatable bonds is 5. The second-order valence-corrected chi connectivity index (χ2v) is 6.12. The zero-order chi connectivity index (χ0) is 14.7. The van der Waals surface area contributed by atoms with E-state index in [0.717, 1.165) is 35.8 Å². The molecule has 2 N–H and O–H groups in total. The topological polar surface area (TPSA) is 50.4 Å². The molecule has 0 saturated heterocycles. The van der Waals surface area contributed by atoms with Crippen molar-refractivity contribution >= 4 is 22.9 Å². The Kier molecular flexibility index (Phi) is 4.22.